The summed E-state index contributed by atoms with van der Waals surface area (Å²) < 4.78 is 26.3. The summed E-state index contributed by atoms with van der Waals surface area (Å²) in [5.41, 5.74) is 0.800. The first-order chi connectivity index (χ1) is 13.8. The first kappa shape index (κ1) is 21.3. The number of piperidine rings is 1. The van der Waals surface area contributed by atoms with Gasteiger partial charge in [-0.05, 0) is 68.9 Å². The van der Waals surface area contributed by atoms with Crippen molar-refractivity contribution < 1.29 is 13.5 Å². The van der Waals surface area contributed by atoms with Gasteiger partial charge in [0.05, 0.1) is 11.9 Å². The lowest BCUT2D eigenvalue weighted by Crippen LogP contribution is -2.55. The number of likely N-dealkylation sites (tertiary alicyclic amines) is 1. The molecule has 1 aromatic carbocycles. The van der Waals surface area contributed by atoms with Crippen molar-refractivity contribution in [1.82, 2.24) is 9.21 Å². The summed E-state index contributed by atoms with van der Waals surface area (Å²) in [6.45, 7) is 3.21. The van der Waals surface area contributed by atoms with E-state index in [2.05, 4.69) is 35.2 Å². The zero-order valence-electron chi connectivity index (χ0n) is 17.7. The molecule has 1 aromatic rings. The summed E-state index contributed by atoms with van der Waals surface area (Å²) in [5.74, 6) is 0.956. The van der Waals surface area contributed by atoms with Gasteiger partial charge >= 0.3 is 0 Å². The number of hydrogen-bond acceptors (Lipinski definition) is 4. The highest BCUT2D eigenvalue weighted by Gasteiger charge is 2.41. The Kier molecular flexibility index (Phi) is 6.35. The van der Waals surface area contributed by atoms with Crippen molar-refractivity contribution in [3.63, 3.8) is 0 Å². The number of fused-ring (bicyclic) bond motifs is 1. The van der Waals surface area contributed by atoms with Gasteiger partial charge in [-0.3, -0.25) is 0 Å². The minimum absolute atomic E-state index is 0.146. The van der Waals surface area contributed by atoms with Crippen LogP contribution in [0.25, 0.3) is 0 Å². The molecule has 0 radical (unpaired) electrons. The van der Waals surface area contributed by atoms with Crippen molar-refractivity contribution in [3.8, 4) is 0 Å². The van der Waals surface area contributed by atoms with E-state index in [1.807, 2.05) is 0 Å². The van der Waals surface area contributed by atoms with Crippen LogP contribution in [0.4, 0.5) is 0 Å². The van der Waals surface area contributed by atoms with Crippen molar-refractivity contribution in [1.29, 1.82) is 0 Å². The van der Waals surface area contributed by atoms with Crippen molar-refractivity contribution in [3.05, 3.63) is 35.9 Å². The van der Waals surface area contributed by atoms with Gasteiger partial charge in [0.25, 0.3) is 0 Å². The Hall–Kier alpha value is -0.950. The third-order valence-electron chi connectivity index (χ3n) is 7.48. The number of hydrogen-bond donors (Lipinski definition) is 1. The van der Waals surface area contributed by atoms with Crippen molar-refractivity contribution in [2.45, 2.75) is 68.9 Å². The molecule has 162 valence electrons. The molecule has 0 bridgehead atoms. The number of benzene rings is 1. The smallest absolute Gasteiger partial charge is 0.211 e. The Bertz CT molecular complexity index is 775. The second-order valence-electron chi connectivity index (χ2n) is 9.63. The van der Waals surface area contributed by atoms with Gasteiger partial charge < -0.3 is 10.0 Å². The molecule has 2 saturated heterocycles. The van der Waals surface area contributed by atoms with Crippen molar-refractivity contribution in [2.75, 3.05) is 32.4 Å². The lowest BCUT2D eigenvalue weighted by atomic mass is 9.75. The fourth-order valence-electron chi connectivity index (χ4n) is 5.94. The summed E-state index contributed by atoms with van der Waals surface area (Å²) in [7, 11) is -3.14. The number of sulfonamides is 1. The molecule has 2 aliphatic heterocycles. The number of rotatable bonds is 4. The molecule has 6 heteroatoms. The summed E-state index contributed by atoms with van der Waals surface area (Å²) >= 11 is 0. The molecule has 0 unspecified atom stereocenters. The minimum Gasteiger partial charge on any atom is -0.389 e. The van der Waals surface area contributed by atoms with Gasteiger partial charge in [-0.2, -0.15) is 4.31 Å². The van der Waals surface area contributed by atoms with E-state index in [4.69, 9.17) is 0 Å². The first-order valence-corrected chi connectivity index (χ1v) is 13.2. The Morgan fingerprint density at radius 3 is 2.45 bits per heavy atom. The minimum atomic E-state index is -3.14. The molecule has 2 atom stereocenters. The molecule has 29 heavy (non-hydrogen) atoms. The van der Waals surface area contributed by atoms with Crippen LogP contribution in [0.15, 0.2) is 30.3 Å². The van der Waals surface area contributed by atoms with Gasteiger partial charge in [0, 0.05) is 25.7 Å². The van der Waals surface area contributed by atoms with E-state index in [-0.39, 0.29) is 6.04 Å². The summed E-state index contributed by atoms with van der Waals surface area (Å²) in [6, 6.07) is 10.8. The van der Waals surface area contributed by atoms with Crippen LogP contribution in [0.1, 0.15) is 62.8 Å². The average molecular weight is 421 g/mol. The summed E-state index contributed by atoms with van der Waals surface area (Å²) in [5, 5.41) is 11.3. The molecule has 0 amide bonds. The molecule has 4 rings (SSSR count). The normalized spacial score (nSPS) is 35.0. The molecule has 2 heterocycles. The van der Waals surface area contributed by atoms with E-state index in [0.717, 1.165) is 71.0 Å². The SMILES string of the molecule is CS(=O)(=O)N1CCCC[C@H]2CN(CC3(O)CCC(c4ccccc4)CC3)CC[C@H]21. The fourth-order valence-corrected chi connectivity index (χ4v) is 7.17. The lowest BCUT2D eigenvalue weighted by molar-refractivity contribution is -0.0432. The molecular formula is C23H36N2O3S. The Morgan fingerprint density at radius 1 is 1.03 bits per heavy atom. The fraction of sp³-hybridized carbons (Fsp3) is 0.739. The van der Waals surface area contributed by atoms with E-state index in [9.17, 15) is 13.5 Å². The Balaban J connectivity index is 1.35. The highest BCUT2D eigenvalue weighted by atomic mass is 32.2. The standard InChI is InChI=1S/C23H36N2O3S/c1-29(27,28)25-15-6-5-9-21-17-24(16-12-22(21)25)18-23(26)13-10-20(11-14-23)19-7-3-2-4-8-19/h2-4,7-8,20-22,26H,5-6,9-18H2,1H3/t20?,21-,22+,23?/m0/s1. The summed E-state index contributed by atoms with van der Waals surface area (Å²) in [4.78, 5) is 2.41. The zero-order valence-corrected chi connectivity index (χ0v) is 18.5. The quantitative estimate of drug-likeness (QED) is 0.813. The van der Waals surface area contributed by atoms with Crippen LogP contribution in [0, 0.1) is 5.92 Å². The highest BCUT2D eigenvalue weighted by molar-refractivity contribution is 7.88. The van der Waals surface area contributed by atoms with Crippen LogP contribution in [-0.4, -0.2) is 66.8 Å². The monoisotopic (exact) mass is 420 g/mol. The Morgan fingerprint density at radius 2 is 1.76 bits per heavy atom. The third kappa shape index (κ3) is 5.04. The van der Waals surface area contributed by atoms with E-state index >= 15 is 0 Å². The molecule has 3 aliphatic rings. The van der Waals surface area contributed by atoms with Crippen molar-refractivity contribution >= 4 is 10.0 Å². The molecular weight excluding hydrogens is 384 g/mol. The van der Waals surface area contributed by atoms with Crippen molar-refractivity contribution in [2.24, 2.45) is 5.92 Å². The molecule has 0 aromatic heterocycles. The van der Waals surface area contributed by atoms with Crippen LogP contribution < -0.4 is 0 Å². The van der Waals surface area contributed by atoms with Gasteiger partial charge in [-0.15, -0.1) is 0 Å². The van der Waals surface area contributed by atoms with Gasteiger partial charge in [-0.1, -0.05) is 36.8 Å². The van der Waals surface area contributed by atoms with Crippen LogP contribution in [0.2, 0.25) is 0 Å². The van der Waals surface area contributed by atoms with Gasteiger partial charge in [0.1, 0.15) is 0 Å². The van der Waals surface area contributed by atoms with Gasteiger partial charge in [0.2, 0.25) is 10.0 Å². The lowest BCUT2D eigenvalue weighted by Gasteiger charge is -2.45. The van der Waals surface area contributed by atoms with Crippen LogP contribution in [0.5, 0.6) is 0 Å². The number of β-amino-alcohol motifs (C(OH)–C–C–N with tert-alkyl or cyclic N) is 1. The maximum absolute atomic E-state index is 12.3. The molecule has 3 fully saturated rings. The van der Waals surface area contributed by atoms with E-state index in [1.54, 1.807) is 4.31 Å². The maximum Gasteiger partial charge on any atom is 0.211 e. The average Bonchev–Trinajstić information content (AvgIpc) is 2.91. The van der Waals surface area contributed by atoms with E-state index < -0.39 is 15.6 Å². The first-order valence-electron chi connectivity index (χ1n) is 11.3. The molecule has 1 saturated carbocycles. The van der Waals surface area contributed by atoms with Crippen LogP contribution in [-0.2, 0) is 10.0 Å². The van der Waals surface area contributed by atoms with Crippen LogP contribution in [0.3, 0.4) is 0 Å². The second-order valence-corrected chi connectivity index (χ2v) is 11.6. The molecule has 1 N–H and O–H groups in total. The van der Waals surface area contributed by atoms with Gasteiger partial charge in [-0.25, -0.2) is 8.42 Å². The van der Waals surface area contributed by atoms with Gasteiger partial charge in [0.15, 0.2) is 0 Å². The highest BCUT2D eigenvalue weighted by Crippen LogP contribution is 2.39. The third-order valence-corrected chi connectivity index (χ3v) is 8.79. The van der Waals surface area contributed by atoms with E-state index in [1.165, 1.54) is 11.8 Å². The summed E-state index contributed by atoms with van der Waals surface area (Å²) in [6.07, 6.45) is 9.20. The molecule has 0 spiro atoms. The van der Waals surface area contributed by atoms with Crippen LogP contribution >= 0.6 is 0 Å². The largest absolute Gasteiger partial charge is 0.389 e. The predicted octanol–water partition coefficient (Wildman–Crippen LogP) is 3.21. The molecule has 5 nitrogen and oxygen atoms in total. The maximum atomic E-state index is 12.3. The number of nitrogens with zero attached hydrogens (tertiary/aromatic N) is 2. The predicted molar refractivity (Wildman–Crippen MR) is 116 cm³/mol. The molecule has 1 aliphatic carbocycles. The zero-order chi connectivity index (χ0) is 20.5. The van der Waals surface area contributed by atoms with E-state index in [0.29, 0.717) is 18.4 Å². The topological polar surface area (TPSA) is 60.9 Å². The Labute approximate surface area is 176 Å². The second kappa shape index (κ2) is 8.66. The number of aliphatic hydroxyl groups is 1.